The summed E-state index contributed by atoms with van der Waals surface area (Å²) in [4.78, 5) is 20.1. The Morgan fingerprint density at radius 1 is 1.22 bits per heavy atom. The first-order chi connectivity index (χ1) is 11.0. The van der Waals surface area contributed by atoms with Crippen molar-refractivity contribution >= 4 is 17.2 Å². The normalized spacial score (nSPS) is 27.3. The van der Waals surface area contributed by atoms with E-state index in [1.54, 1.807) is 0 Å². The Hall–Kier alpha value is -0.910. The highest BCUT2D eigenvalue weighted by Crippen LogP contribution is 2.24. The minimum Gasteiger partial charge on any atom is -0.372 e. The number of aryl methyl sites for hydroxylation is 1. The van der Waals surface area contributed by atoms with E-state index < -0.39 is 0 Å². The van der Waals surface area contributed by atoms with E-state index in [2.05, 4.69) is 37.8 Å². The van der Waals surface area contributed by atoms with Crippen molar-refractivity contribution in [2.24, 2.45) is 5.92 Å². The van der Waals surface area contributed by atoms with Crippen molar-refractivity contribution < 1.29 is 9.53 Å². The lowest BCUT2D eigenvalue weighted by Gasteiger charge is -2.39. The molecule has 0 aromatic carbocycles. The molecule has 2 fully saturated rings. The minimum atomic E-state index is 0.157. The molecule has 0 aliphatic carbocycles. The number of likely N-dealkylation sites (tertiary alicyclic amines) is 1. The highest BCUT2D eigenvalue weighted by molar-refractivity contribution is 7.11. The van der Waals surface area contributed by atoms with Crippen LogP contribution in [0.2, 0.25) is 0 Å². The zero-order valence-electron chi connectivity index (χ0n) is 14.5. The molecule has 128 valence electrons. The van der Waals surface area contributed by atoms with Gasteiger partial charge < -0.3 is 9.64 Å². The molecule has 2 saturated heterocycles. The quantitative estimate of drug-likeness (QED) is 0.851. The van der Waals surface area contributed by atoms with Gasteiger partial charge in [0.05, 0.1) is 12.2 Å². The number of thiophene rings is 1. The van der Waals surface area contributed by atoms with Gasteiger partial charge in [0.15, 0.2) is 0 Å². The fraction of sp³-hybridized carbons (Fsp3) is 0.722. The first-order valence-electron chi connectivity index (χ1n) is 8.73. The maximum absolute atomic E-state index is 12.8. The average molecular weight is 337 g/mol. The summed E-state index contributed by atoms with van der Waals surface area (Å²) in [6.45, 7) is 10.9. The predicted octanol–water partition coefficient (Wildman–Crippen LogP) is 2.90. The monoisotopic (exact) mass is 336 g/mol. The lowest BCUT2D eigenvalue weighted by Crippen LogP contribution is -2.51. The van der Waals surface area contributed by atoms with Gasteiger partial charge in [0.2, 0.25) is 5.91 Å². The maximum atomic E-state index is 12.8. The Morgan fingerprint density at radius 3 is 2.43 bits per heavy atom. The Kier molecular flexibility index (Phi) is 5.39. The molecule has 2 aliphatic rings. The number of amides is 1. The second-order valence-electron chi connectivity index (χ2n) is 7.06. The summed E-state index contributed by atoms with van der Waals surface area (Å²) in [5, 5.41) is 0. The smallest absolute Gasteiger partial charge is 0.225 e. The van der Waals surface area contributed by atoms with Crippen LogP contribution in [-0.4, -0.2) is 54.1 Å². The summed E-state index contributed by atoms with van der Waals surface area (Å²) in [5.41, 5.74) is 0. The Labute approximate surface area is 143 Å². The Bertz CT molecular complexity index is 527. The molecule has 0 spiro atoms. The Balaban J connectivity index is 1.49. The minimum absolute atomic E-state index is 0.157. The molecule has 0 radical (unpaired) electrons. The second kappa shape index (κ2) is 7.32. The lowest BCUT2D eigenvalue weighted by atomic mass is 9.94. The van der Waals surface area contributed by atoms with E-state index in [-0.39, 0.29) is 18.1 Å². The molecule has 0 unspecified atom stereocenters. The summed E-state index contributed by atoms with van der Waals surface area (Å²) in [5.74, 6) is 0.549. The third-order valence-electron chi connectivity index (χ3n) is 4.84. The second-order valence-corrected chi connectivity index (χ2v) is 8.44. The molecule has 3 rings (SSSR count). The fourth-order valence-electron chi connectivity index (χ4n) is 3.74. The van der Waals surface area contributed by atoms with Gasteiger partial charge in [-0.2, -0.15) is 0 Å². The van der Waals surface area contributed by atoms with Crippen molar-refractivity contribution in [2.45, 2.75) is 52.4 Å². The van der Waals surface area contributed by atoms with Crippen LogP contribution in [0, 0.1) is 12.8 Å². The maximum Gasteiger partial charge on any atom is 0.225 e. The van der Waals surface area contributed by atoms with Gasteiger partial charge in [-0.15, -0.1) is 11.3 Å². The van der Waals surface area contributed by atoms with E-state index >= 15 is 0 Å². The number of carbonyl (C=O) groups excluding carboxylic acids is 1. The highest BCUT2D eigenvalue weighted by atomic mass is 32.1. The van der Waals surface area contributed by atoms with Crippen LogP contribution in [0.5, 0.6) is 0 Å². The van der Waals surface area contributed by atoms with Gasteiger partial charge in [-0.3, -0.25) is 9.69 Å². The number of rotatable bonds is 3. The highest BCUT2D eigenvalue weighted by Gasteiger charge is 2.32. The number of ether oxygens (including phenoxy) is 1. The molecule has 2 atom stereocenters. The standard InChI is InChI=1S/C18H28N2O2S/c1-13-10-20(11-14(2)22-13)18(21)16-6-8-19(9-7-16)12-17-5-4-15(3)23-17/h4-5,13-14,16H,6-12H2,1-3H3/t13-,14+. The van der Waals surface area contributed by atoms with E-state index in [0.29, 0.717) is 5.91 Å². The van der Waals surface area contributed by atoms with Crippen molar-refractivity contribution in [3.63, 3.8) is 0 Å². The molecule has 3 heterocycles. The van der Waals surface area contributed by atoms with Crippen LogP contribution in [0.25, 0.3) is 0 Å². The average Bonchev–Trinajstić information content (AvgIpc) is 2.91. The number of piperidine rings is 1. The molecule has 1 aromatic heterocycles. The topological polar surface area (TPSA) is 32.8 Å². The first kappa shape index (κ1) is 16.9. The third-order valence-corrected chi connectivity index (χ3v) is 5.83. The van der Waals surface area contributed by atoms with Crippen LogP contribution >= 0.6 is 11.3 Å². The SMILES string of the molecule is Cc1ccc(CN2CCC(C(=O)N3C[C@@H](C)O[C@@H](C)C3)CC2)s1. The van der Waals surface area contributed by atoms with Crippen LogP contribution in [-0.2, 0) is 16.1 Å². The summed E-state index contributed by atoms with van der Waals surface area (Å²) in [6.07, 6.45) is 2.29. The van der Waals surface area contributed by atoms with Crippen LogP contribution < -0.4 is 0 Å². The molecule has 5 heteroatoms. The summed E-state index contributed by atoms with van der Waals surface area (Å²) in [7, 11) is 0. The van der Waals surface area contributed by atoms with Crippen LogP contribution in [0.1, 0.15) is 36.4 Å². The van der Waals surface area contributed by atoms with Gasteiger partial charge in [0.1, 0.15) is 0 Å². The van der Waals surface area contributed by atoms with Crippen molar-refractivity contribution in [1.82, 2.24) is 9.80 Å². The van der Waals surface area contributed by atoms with Gasteiger partial charge in [0.25, 0.3) is 0 Å². The zero-order chi connectivity index (χ0) is 16.4. The molecule has 1 amide bonds. The third kappa shape index (κ3) is 4.34. The Morgan fingerprint density at radius 2 is 1.87 bits per heavy atom. The number of morpholine rings is 1. The molecule has 0 saturated carbocycles. The molecule has 23 heavy (non-hydrogen) atoms. The van der Waals surface area contributed by atoms with Gasteiger partial charge in [-0.1, -0.05) is 0 Å². The number of nitrogens with zero attached hydrogens (tertiary/aromatic N) is 2. The molecular weight excluding hydrogens is 308 g/mol. The van der Waals surface area contributed by atoms with Gasteiger partial charge in [0, 0.05) is 35.3 Å². The van der Waals surface area contributed by atoms with Crippen molar-refractivity contribution in [1.29, 1.82) is 0 Å². The van der Waals surface area contributed by atoms with E-state index in [4.69, 9.17) is 4.74 Å². The van der Waals surface area contributed by atoms with Gasteiger partial charge >= 0.3 is 0 Å². The van der Waals surface area contributed by atoms with Crippen molar-refractivity contribution in [3.8, 4) is 0 Å². The van der Waals surface area contributed by atoms with Gasteiger partial charge in [-0.05, 0) is 58.8 Å². The lowest BCUT2D eigenvalue weighted by molar-refractivity contribution is -0.148. The number of hydrogen-bond donors (Lipinski definition) is 0. The molecule has 4 nitrogen and oxygen atoms in total. The molecular formula is C18H28N2O2S. The molecule has 2 aliphatic heterocycles. The molecule has 0 N–H and O–H groups in total. The summed E-state index contributed by atoms with van der Waals surface area (Å²) in [6, 6.07) is 4.42. The van der Waals surface area contributed by atoms with Crippen molar-refractivity contribution in [2.75, 3.05) is 26.2 Å². The molecule has 1 aromatic rings. The van der Waals surface area contributed by atoms with E-state index in [0.717, 1.165) is 45.6 Å². The molecule has 0 bridgehead atoms. The van der Waals surface area contributed by atoms with Crippen LogP contribution in [0.15, 0.2) is 12.1 Å². The van der Waals surface area contributed by atoms with Crippen LogP contribution in [0.4, 0.5) is 0 Å². The fourth-order valence-corrected chi connectivity index (χ4v) is 4.68. The van der Waals surface area contributed by atoms with Crippen LogP contribution in [0.3, 0.4) is 0 Å². The van der Waals surface area contributed by atoms with E-state index in [1.165, 1.54) is 9.75 Å². The largest absolute Gasteiger partial charge is 0.372 e. The first-order valence-corrected chi connectivity index (χ1v) is 9.55. The summed E-state index contributed by atoms with van der Waals surface area (Å²) >= 11 is 1.88. The van der Waals surface area contributed by atoms with E-state index in [9.17, 15) is 4.79 Å². The predicted molar refractivity (Wildman–Crippen MR) is 93.6 cm³/mol. The van der Waals surface area contributed by atoms with Gasteiger partial charge in [-0.25, -0.2) is 0 Å². The zero-order valence-corrected chi connectivity index (χ0v) is 15.3. The summed E-state index contributed by atoms with van der Waals surface area (Å²) < 4.78 is 5.74. The number of hydrogen-bond acceptors (Lipinski definition) is 4. The number of carbonyl (C=O) groups is 1. The van der Waals surface area contributed by atoms with Crippen molar-refractivity contribution in [3.05, 3.63) is 21.9 Å². The van der Waals surface area contributed by atoms with E-state index in [1.807, 2.05) is 16.2 Å².